The maximum absolute atomic E-state index is 13.8. The van der Waals surface area contributed by atoms with Gasteiger partial charge in [0.15, 0.2) is 0 Å². The molecule has 3 aromatic heterocycles. The first-order valence-electron chi connectivity index (χ1n) is 11.1. The Morgan fingerprint density at radius 2 is 2.09 bits per heavy atom. The van der Waals surface area contributed by atoms with Crippen LogP contribution in [0.5, 0.6) is 0 Å². The zero-order valence-corrected chi connectivity index (χ0v) is 19.5. The number of hydrogen-bond donors (Lipinski definition) is 2. The van der Waals surface area contributed by atoms with Crippen LogP contribution >= 0.6 is 0 Å². The summed E-state index contributed by atoms with van der Waals surface area (Å²) in [6.07, 6.45) is 3.97. The number of fused-ring (bicyclic) bond motifs is 1. The fourth-order valence-corrected chi connectivity index (χ4v) is 4.27. The molecule has 0 unspecified atom stereocenters. The zero-order chi connectivity index (χ0) is 24.3. The minimum atomic E-state index is -1.17. The molecule has 8 nitrogen and oxygen atoms in total. The van der Waals surface area contributed by atoms with Crippen LogP contribution < -0.4 is 5.32 Å². The summed E-state index contributed by atoms with van der Waals surface area (Å²) >= 11 is 0. The van der Waals surface area contributed by atoms with Gasteiger partial charge in [-0.15, -0.1) is 0 Å². The van der Waals surface area contributed by atoms with E-state index in [2.05, 4.69) is 20.4 Å². The second-order valence-corrected chi connectivity index (χ2v) is 9.80. The number of rotatable bonds is 5. The third-order valence-corrected chi connectivity index (χ3v) is 6.33. The van der Waals surface area contributed by atoms with Crippen molar-refractivity contribution in [3.63, 3.8) is 0 Å². The zero-order valence-electron chi connectivity index (χ0n) is 19.5. The van der Waals surface area contributed by atoms with Gasteiger partial charge in [0.25, 0.3) is 5.91 Å². The molecule has 34 heavy (non-hydrogen) atoms. The third kappa shape index (κ3) is 4.11. The summed E-state index contributed by atoms with van der Waals surface area (Å²) < 4.78 is 20.9. The SMILES string of the molecule is BC(B)(O)c1ccn2c(C(=O)Nc3cc(-c4noc(C5CC(C)(F)C5)n4)ccc3C)cnc2c1. The maximum atomic E-state index is 13.8. The molecular weight excluding hydrogens is 435 g/mol. The molecule has 0 spiro atoms. The quantitative estimate of drug-likeness (QED) is 0.442. The first kappa shape index (κ1) is 22.3. The third-order valence-electron chi connectivity index (χ3n) is 6.33. The van der Waals surface area contributed by atoms with Crippen LogP contribution in [0.3, 0.4) is 0 Å². The first-order chi connectivity index (χ1) is 16.0. The number of anilines is 1. The van der Waals surface area contributed by atoms with Crippen LogP contribution in [0.25, 0.3) is 17.0 Å². The highest BCUT2D eigenvalue weighted by molar-refractivity contribution is 6.38. The Kier molecular flexibility index (Phi) is 5.12. The van der Waals surface area contributed by atoms with Gasteiger partial charge in [-0.3, -0.25) is 9.20 Å². The van der Waals surface area contributed by atoms with Gasteiger partial charge in [0.2, 0.25) is 11.7 Å². The Morgan fingerprint density at radius 1 is 1.32 bits per heavy atom. The highest BCUT2D eigenvalue weighted by Crippen LogP contribution is 2.46. The van der Waals surface area contributed by atoms with Gasteiger partial charge >= 0.3 is 0 Å². The van der Waals surface area contributed by atoms with E-state index < -0.39 is 11.1 Å². The standard InChI is InChI=1S/C23H24B2FN5O3/c1-12-3-4-13(19-29-21(34-30-19)14-9-22(2,26)10-14)7-16(12)28-20(32)17-11-27-18-8-15(23(24,25)33)5-6-31(17)18/h3-8,11,14,33H,9-10,24-25H2,1-2H3,(H,28,32). The van der Waals surface area contributed by atoms with E-state index in [1.807, 2.05) is 19.1 Å². The molecule has 0 radical (unpaired) electrons. The molecule has 3 heterocycles. The molecule has 0 saturated heterocycles. The number of nitrogens with zero attached hydrogens (tertiary/aromatic N) is 4. The van der Waals surface area contributed by atoms with Crippen molar-refractivity contribution in [2.75, 3.05) is 5.32 Å². The van der Waals surface area contributed by atoms with E-state index in [0.717, 1.165) is 5.56 Å². The molecule has 1 aliphatic carbocycles. The van der Waals surface area contributed by atoms with Gasteiger partial charge in [-0.1, -0.05) is 17.3 Å². The summed E-state index contributed by atoms with van der Waals surface area (Å²) in [5.74, 6) is 0.446. The van der Waals surface area contributed by atoms with E-state index in [-0.39, 0.29) is 11.8 Å². The number of alkyl halides is 1. The van der Waals surface area contributed by atoms with Crippen LogP contribution in [0.15, 0.2) is 47.2 Å². The number of carbonyl (C=O) groups is 1. The van der Waals surface area contributed by atoms with Gasteiger partial charge in [0.05, 0.1) is 6.20 Å². The number of hydrogen-bond acceptors (Lipinski definition) is 6. The second kappa shape index (κ2) is 7.80. The number of aliphatic hydroxyl groups is 1. The minimum Gasteiger partial charge on any atom is -0.403 e. The van der Waals surface area contributed by atoms with Crippen molar-refractivity contribution in [1.82, 2.24) is 19.5 Å². The molecule has 0 bridgehead atoms. The lowest BCUT2D eigenvalue weighted by Crippen LogP contribution is -2.35. The van der Waals surface area contributed by atoms with Gasteiger partial charge in [0.1, 0.15) is 32.7 Å². The lowest BCUT2D eigenvalue weighted by Gasteiger charge is -2.36. The number of benzene rings is 1. The van der Waals surface area contributed by atoms with Gasteiger partial charge in [-0.2, -0.15) is 4.98 Å². The number of aryl methyl sites for hydroxylation is 1. The van der Waals surface area contributed by atoms with Crippen molar-refractivity contribution < 1.29 is 18.8 Å². The first-order valence-corrected chi connectivity index (χ1v) is 11.1. The Morgan fingerprint density at radius 3 is 2.79 bits per heavy atom. The van der Waals surface area contributed by atoms with Gasteiger partial charge < -0.3 is 14.9 Å². The lowest BCUT2D eigenvalue weighted by atomic mass is 9.62. The molecule has 4 aromatic rings. The van der Waals surface area contributed by atoms with Crippen LogP contribution in [0.4, 0.5) is 10.1 Å². The van der Waals surface area contributed by atoms with Crippen molar-refractivity contribution >= 4 is 32.9 Å². The molecule has 1 aromatic carbocycles. The topological polar surface area (TPSA) is 106 Å². The van der Waals surface area contributed by atoms with Crippen LogP contribution in [0.2, 0.25) is 0 Å². The molecule has 0 aliphatic heterocycles. The predicted molar refractivity (Wildman–Crippen MR) is 130 cm³/mol. The molecule has 1 saturated carbocycles. The van der Waals surface area contributed by atoms with Crippen molar-refractivity contribution in [3.8, 4) is 11.4 Å². The number of aromatic nitrogens is 4. The van der Waals surface area contributed by atoms with Gasteiger partial charge in [0, 0.05) is 28.8 Å². The summed E-state index contributed by atoms with van der Waals surface area (Å²) in [6, 6.07) is 9.03. The molecule has 11 heteroatoms. The number of nitrogens with one attached hydrogen (secondary N) is 1. The van der Waals surface area contributed by atoms with E-state index >= 15 is 0 Å². The average Bonchev–Trinajstić information content (AvgIpc) is 3.39. The number of amides is 1. The Balaban J connectivity index is 1.38. The predicted octanol–water partition coefficient (Wildman–Crippen LogP) is 1.92. The number of pyridine rings is 1. The van der Waals surface area contributed by atoms with Crippen LogP contribution in [-0.4, -0.2) is 51.9 Å². The summed E-state index contributed by atoms with van der Waals surface area (Å²) in [5, 5.41) is 16.2. The fourth-order valence-electron chi connectivity index (χ4n) is 4.27. The monoisotopic (exact) mass is 459 g/mol. The Bertz CT molecular complexity index is 1400. The van der Waals surface area contributed by atoms with Crippen LogP contribution in [-0.2, 0) is 5.40 Å². The van der Waals surface area contributed by atoms with E-state index in [9.17, 15) is 14.3 Å². The largest absolute Gasteiger partial charge is 0.403 e. The molecular formula is C23H24B2FN5O3. The molecule has 1 fully saturated rings. The molecule has 1 aliphatic rings. The normalized spacial score (nSPS) is 20.3. The average molecular weight is 459 g/mol. The van der Waals surface area contributed by atoms with Crippen LogP contribution in [0, 0.1) is 6.92 Å². The number of halogens is 1. The van der Waals surface area contributed by atoms with Gasteiger partial charge in [-0.05, 0) is 56.0 Å². The minimum absolute atomic E-state index is 0.0621. The lowest BCUT2D eigenvalue weighted by molar-refractivity contribution is 0.0481. The molecule has 1 amide bonds. The summed E-state index contributed by atoms with van der Waals surface area (Å²) in [6.45, 7) is 3.47. The van der Waals surface area contributed by atoms with Gasteiger partial charge in [-0.25, -0.2) is 9.37 Å². The summed E-state index contributed by atoms with van der Waals surface area (Å²) in [7, 11) is 3.39. The van der Waals surface area contributed by atoms with Crippen molar-refractivity contribution in [2.45, 2.75) is 43.7 Å². The van der Waals surface area contributed by atoms with E-state index in [1.54, 1.807) is 51.4 Å². The van der Waals surface area contributed by atoms with E-state index in [0.29, 0.717) is 52.7 Å². The molecule has 5 rings (SSSR count). The van der Waals surface area contributed by atoms with Crippen LogP contribution in [0.1, 0.15) is 53.2 Å². The number of carbonyl (C=O) groups excluding carboxylic acids is 1. The van der Waals surface area contributed by atoms with E-state index in [4.69, 9.17) is 4.52 Å². The Hall–Kier alpha value is -3.46. The molecule has 172 valence electrons. The summed E-state index contributed by atoms with van der Waals surface area (Å²) in [4.78, 5) is 21.8. The van der Waals surface area contributed by atoms with Crippen molar-refractivity contribution in [3.05, 3.63) is 65.4 Å². The highest BCUT2D eigenvalue weighted by atomic mass is 19.1. The van der Waals surface area contributed by atoms with Crippen molar-refractivity contribution in [1.29, 1.82) is 0 Å². The number of imidazole rings is 1. The molecule has 2 N–H and O–H groups in total. The smallest absolute Gasteiger partial charge is 0.274 e. The fraction of sp³-hybridized carbons (Fsp3) is 0.304. The maximum Gasteiger partial charge on any atom is 0.274 e. The van der Waals surface area contributed by atoms with Crippen molar-refractivity contribution in [2.24, 2.45) is 0 Å². The highest BCUT2D eigenvalue weighted by Gasteiger charge is 2.44. The second-order valence-electron chi connectivity index (χ2n) is 9.80. The summed E-state index contributed by atoms with van der Waals surface area (Å²) in [5.41, 5.74) is 2.62. The Labute approximate surface area is 197 Å². The molecule has 0 atom stereocenters. The van der Waals surface area contributed by atoms with E-state index in [1.165, 1.54) is 6.20 Å².